The predicted octanol–water partition coefficient (Wildman–Crippen LogP) is 1.60. The first-order valence-corrected chi connectivity index (χ1v) is 13.9. The number of aliphatic hydroxyl groups is 1. The molecule has 3 N–H and O–H groups in total. The number of piperidine rings is 1. The number of ether oxygens (including phenoxy) is 1. The van der Waals surface area contributed by atoms with Crippen LogP contribution in [0.1, 0.15) is 45.2 Å². The second kappa shape index (κ2) is 11.2. The molecule has 4 heterocycles. The van der Waals surface area contributed by atoms with E-state index in [1.165, 1.54) is 11.4 Å². The van der Waals surface area contributed by atoms with Crippen LogP contribution in [0.5, 0.6) is 5.88 Å². The molecule has 0 aliphatic carbocycles. The second-order valence-electron chi connectivity index (χ2n) is 9.50. The number of aromatic amines is 1. The summed E-state index contributed by atoms with van der Waals surface area (Å²) in [6.07, 6.45) is 2.60. The summed E-state index contributed by atoms with van der Waals surface area (Å²) in [5, 5.41) is 28.3. The predicted molar refractivity (Wildman–Crippen MR) is 137 cm³/mol. The van der Waals surface area contributed by atoms with E-state index in [0.29, 0.717) is 54.8 Å². The molecule has 0 bridgehead atoms. The third-order valence-electron chi connectivity index (χ3n) is 7.19. The fourth-order valence-corrected chi connectivity index (χ4v) is 7.23. The molecule has 0 saturated carbocycles. The number of aliphatic hydroxyl groups excluding tert-OH is 1. The zero-order chi connectivity index (χ0) is 26.7. The summed E-state index contributed by atoms with van der Waals surface area (Å²) >= 11 is 0. The molecule has 0 amide bonds. The number of anilines is 3. The second-order valence-corrected chi connectivity index (χ2v) is 11.3. The monoisotopic (exact) mass is 533 g/mol. The van der Waals surface area contributed by atoms with Crippen molar-refractivity contribution in [3.8, 4) is 11.9 Å². The van der Waals surface area contributed by atoms with E-state index >= 15 is 0 Å². The molecule has 13 nitrogen and oxygen atoms in total. The molecule has 3 atom stereocenters. The molecule has 0 spiro atoms. The summed E-state index contributed by atoms with van der Waals surface area (Å²) in [6.45, 7) is 4.37. The lowest BCUT2D eigenvalue weighted by Crippen LogP contribution is -2.62. The van der Waals surface area contributed by atoms with Crippen LogP contribution in [0.2, 0.25) is 0 Å². The van der Waals surface area contributed by atoms with Crippen molar-refractivity contribution in [1.29, 1.82) is 5.26 Å². The Bertz CT molecular complexity index is 1210. The van der Waals surface area contributed by atoms with Gasteiger partial charge in [-0.1, -0.05) is 13.8 Å². The van der Waals surface area contributed by atoms with Crippen LogP contribution in [0, 0.1) is 17.2 Å². The number of hydrogen-bond acceptors (Lipinski definition) is 10. The van der Waals surface area contributed by atoms with Crippen LogP contribution in [-0.4, -0.2) is 87.7 Å². The minimum absolute atomic E-state index is 0.0101. The van der Waals surface area contributed by atoms with Gasteiger partial charge >= 0.3 is 0 Å². The zero-order valence-corrected chi connectivity index (χ0v) is 22.4. The fourth-order valence-electron chi connectivity index (χ4n) is 5.00. The van der Waals surface area contributed by atoms with Crippen molar-refractivity contribution in [2.24, 2.45) is 5.92 Å². The molecule has 2 aromatic heterocycles. The number of hydrogen-bond donors (Lipinski definition) is 3. The molecule has 2 saturated heterocycles. The molecular formula is C23H35N9O4S. The highest BCUT2D eigenvalue weighted by molar-refractivity contribution is 7.86. The summed E-state index contributed by atoms with van der Waals surface area (Å²) in [6, 6.07) is 5.15. The Morgan fingerprint density at radius 1 is 1.22 bits per heavy atom. The fraction of sp³-hybridized carbons (Fsp3) is 0.652. The van der Waals surface area contributed by atoms with Crippen molar-refractivity contribution in [2.45, 2.75) is 64.3 Å². The summed E-state index contributed by atoms with van der Waals surface area (Å²) in [5.41, 5.74) is 0.570. The number of aromatic nitrogens is 4. The molecule has 2 fully saturated rings. The largest absolute Gasteiger partial charge is 0.481 e. The molecule has 4 rings (SSSR count). The van der Waals surface area contributed by atoms with Gasteiger partial charge in [0.2, 0.25) is 11.8 Å². The van der Waals surface area contributed by atoms with Crippen LogP contribution in [0.25, 0.3) is 0 Å². The van der Waals surface area contributed by atoms with Gasteiger partial charge in [-0.25, -0.2) is 0 Å². The van der Waals surface area contributed by atoms with Gasteiger partial charge in [-0.3, -0.25) is 5.10 Å². The van der Waals surface area contributed by atoms with Crippen LogP contribution in [0.3, 0.4) is 0 Å². The van der Waals surface area contributed by atoms with Crippen LogP contribution >= 0.6 is 0 Å². The average Bonchev–Trinajstić information content (AvgIpc) is 3.33. The van der Waals surface area contributed by atoms with Crippen molar-refractivity contribution < 1.29 is 18.3 Å². The van der Waals surface area contributed by atoms with Crippen molar-refractivity contribution in [3.05, 3.63) is 17.8 Å². The SMILES string of the molecule is CC[C@@H]1C[C@@H](N(C)c2nc(Nc3cc(CO)[nH]n3)cc(OC)n2)C[C@H](CC)N1S(=O)(=O)N1CC(C#N)C1. The van der Waals surface area contributed by atoms with E-state index in [-0.39, 0.29) is 43.7 Å². The lowest BCUT2D eigenvalue weighted by atomic mass is 9.90. The quantitative estimate of drug-likeness (QED) is 0.409. The number of methoxy groups -OCH3 is 1. The number of rotatable bonds is 10. The highest BCUT2D eigenvalue weighted by Crippen LogP contribution is 2.36. The van der Waals surface area contributed by atoms with Crippen LogP contribution < -0.4 is 15.0 Å². The van der Waals surface area contributed by atoms with Gasteiger partial charge in [-0.15, -0.1) is 0 Å². The Morgan fingerprint density at radius 2 is 1.89 bits per heavy atom. The van der Waals surface area contributed by atoms with Gasteiger partial charge in [-0.05, 0) is 25.7 Å². The van der Waals surface area contributed by atoms with Crippen molar-refractivity contribution in [1.82, 2.24) is 28.8 Å². The van der Waals surface area contributed by atoms with Gasteiger partial charge in [0.25, 0.3) is 10.2 Å². The molecular weight excluding hydrogens is 498 g/mol. The van der Waals surface area contributed by atoms with Crippen LogP contribution in [-0.2, 0) is 16.8 Å². The molecule has 14 heteroatoms. The summed E-state index contributed by atoms with van der Waals surface area (Å²) in [5.74, 6) is 1.57. The Labute approximate surface area is 217 Å². The Hall–Kier alpha value is -2.99. The molecule has 0 aromatic carbocycles. The van der Waals surface area contributed by atoms with E-state index in [9.17, 15) is 13.5 Å². The Morgan fingerprint density at radius 3 is 2.43 bits per heavy atom. The summed E-state index contributed by atoms with van der Waals surface area (Å²) in [4.78, 5) is 11.2. The highest BCUT2D eigenvalue weighted by Gasteiger charge is 2.47. The Balaban J connectivity index is 1.55. The maximum atomic E-state index is 13.5. The molecule has 2 aliphatic rings. The van der Waals surface area contributed by atoms with Gasteiger partial charge in [0, 0.05) is 50.4 Å². The maximum Gasteiger partial charge on any atom is 0.282 e. The Kier molecular flexibility index (Phi) is 8.17. The van der Waals surface area contributed by atoms with Crippen molar-refractivity contribution >= 4 is 27.8 Å². The molecule has 0 radical (unpaired) electrons. The number of H-pyrrole nitrogens is 1. The lowest BCUT2D eigenvalue weighted by molar-refractivity contribution is 0.129. The topological polar surface area (TPSA) is 164 Å². The minimum Gasteiger partial charge on any atom is -0.481 e. The van der Waals surface area contributed by atoms with E-state index in [1.807, 2.05) is 25.8 Å². The van der Waals surface area contributed by atoms with E-state index in [4.69, 9.17) is 10.00 Å². The first-order valence-electron chi connectivity index (χ1n) is 12.5. The molecule has 202 valence electrons. The van der Waals surface area contributed by atoms with Gasteiger partial charge in [0.15, 0.2) is 5.82 Å². The first kappa shape index (κ1) is 27.1. The lowest BCUT2D eigenvalue weighted by Gasteiger charge is -2.49. The third kappa shape index (κ3) is 5.49. The minimum atomic E-state index is -3.65. The van der Waals surface area contributed by atoms with Gasteiger partial charge in [0.05, 0.1) is 31.4 Å². The number of nitrogens with one attached hydrogen (secondary N) is 2. The molecule has 2 aromatic rings. The van der Waals surface area contributed by atoms with Crippen LogP contribution in [0.15, 0.2) is 12.1 Å². The number of nitriles is 1. The average molecular weight is 534 g/mol. The molecule has 2 aliphatic heterocycles. The van der Waals surface area contributed by atoms with Crippen LogP contribution in [0.4, 0.5) is 17.6 Å². The highest BCUT2D eigenvalue weighted by atomic mass is 32.2. The standard InChI is InChI=1S/C23H35N9O4S/c1-5-17-8-19(9-18(6-2)32(17)37(34,35)31-12-15(11-24)13-31)30(3)23-26-20(10-22(27-23)36-4)25-21-7-16(14-33)28-29-21/h7,10,15,17-19,33H,5-6,8-9,12-14H2,1-4H3,(H2,25,26,27,28,29)/t17-,18+,19-. The van der Waals surface area contributed by atoms with E-state index in [2.05, 4.69) is 31.6 Å². The third-order valence-corrected chi connectivity index (χ3v) is 9.27. The van der Waals surface area contributed by atoms with Gasteiger partial charge in [0.1, 0.15) is 5.82 Å². The smallest absolute Gasteiger partial charge is 0.282 e. The summed E-state index contributed by atoms with van der Waals surface area (Å²) < 4.78 is 35.5. The zero-order valence-electron chi connectivity index (χ0n) is 21.6. The number of nitrogens with zero attached hydrogens (tertiary/aromatic N) is 7. The van der Waals surface area contributed by atoms with E-state index in [1.54, 1.807) is 16.4 Å². The molecule has 37 heavy (non-hydrogen) atoms. The summed E-state index contributed by atoms with van der Waals surface area (Å²) in [7, 11) is -0.202. The van der Waals surface area contributed by atoms with Gasteiger partial charge in [-0.2, -0.15) is 37.4 Å². The van der Waals surface area contributed by atoms with E-state index in [0.717, 1.165) is 0 Å². The van der Waals surface area contributed by atoms with Crippen molar-refractivity contribution in [2.75, 3.05) is 37.5 Å². The molecule has 0 unspecified atom stereocenters. The van der Waals surface area contributed by atoms with Crippen molar-refractivity contribution in [3.63, 3.8) is 0 Å². The first-order chi connectivity index (χ1) is 17.7. The maximum absolute atomic E-state index is 13.5. The van der Waals surface area contributed by atoms with Gasteiger partial charge < -0.3 is 20.1 Å². The van der Waals surface area contributed by atoms with E-state index < -0.39 is 10.2 Å². The normalized spacial score (nSPS) is 23.3.